The number of aliphatic carboxylic acids is 1. The zero-order chi connectivity index (χ0) is 40.0. The van der Waals surface area contributed by atoms with Crippen LogP contribution in [0.3, 0.4) is 0 Å². The third-order valence-corrected chi connectivity index (χ3v) is 8.22. The first-order valence-corrected chi connectivity index (χ1v) is 20.3. The quantitative estimate of drug-likeness (QED) is 0.0280. The smallest absolute Gasteiger partial charge is 0.306 e. The highest BCUT2D eigenvalue weighted by molar-refractivity contribution is 5.70. The maximum atomic E-state index is 12.6. The lowest BCUT2D eigenvalue weighted by atomic mass is 10.1. The molecule has 304 valence electrons. The van der Waals surface area contributed by atoms with Gasteiger partial charge in [0, 0.05) is 19.3 Å². The van der Waals surface area contributed by atoms with Gasteiger partial charge in [0.2, 0.25) is 0 Å². The number of carbonyl (C=O) groups is 3. The Morgan fingerprint density at radius 3 is 1.46 bits per heavy atom. The molecule has 2 unspecified atom stereocenters. The van der Waals surface area contributed by atoms with Crippen LogP contribution in [-0.4, -0.2) is 75.5 Å². The lowest BCUT2D eigenvalue weighted by Crippen LogP contribution is -2.55. The van der Waals surface area contributed by atoms with Gasteiger partial charge in [0.15, 0.2) is 6.10 Å². The molecule has 0 aliphatic rings. The van der Waals surface area contributed by atoms with E-state index < -0.39 is 18.1 Å². The Morgan fingerprint density at radius 1 is 0.556 bits per heavy atom. The van der Waals surface area contributed by atoms with Gasteiger partial charge in [0.25, 0.3) is 0 Å². The molecule has 0 aromatic rings. The van der Waals surface area contributed by atoms with Gasteiger partial charge >= 0.3 is 11.9 Å². The number of likely N-dealkylation sites (N-methyl/N-ethyl adjacent to an activating group) is 1. The van der Waals surface area contributed by atoms with Crippen LogP contribution in [0.1, 0.15) is 123 Å². The van der Waals surface area contributed by atoms with E-state index in [0.717, 1.165) is 83.5 Å². The zero-order valence-corrected chi connectivity index (χ0v) is 34.3. The summed E-state index contributed by atoms with van der Waals surface area (Å²) in [5.74, 6) is -1.87. The van der Waals surface area contributed by atoms with Gasteiger partial charge in [-0.25, -0.2) is 0 Å². The number of unbranched alkanes of at least 4 members (excludes halogenated alkanes) is 4. The van der Waals surface area contributed by atoms with Gasteiger partial charge in [-0.3, -0.25) is 9.59 Å². The number of quaternary nitrogens is 1. The molecule has 0 saturated carbocycles. The van der Waals surface area contributed by atoms with Gasteiger partial charge in [-0.15, -0.1) is 0 Å². The lowest BCUT2D eigenvalue weighted by Gasteiger charge is -2.34. The summed E-state index contributed by atoms with van der Waals surface area (Å²) in [6, 6.07) is -0.744. The minimum absolute atomic E-state index is 0.00284. The summed E-state index contributed by atoms with van der Waals surface area (Å²) in [5.41, 5.74) is 0. The Kier molecular flexibility index (Phi) is 33.7. The van der Waals surface area contributed by atoms with Crippen LogP contribution in [0.4, 0.5) is 0 Å². The van der Waals surface area contributed by atoms with Crippen LogP contribution in [0.2, 0.25) is 0 Å². The van der Waals surface area contributed by atoms with Crippen molar-refractivity contribution in [1.82, 2.24) is 0 Å². The zero-order valence-electron chi connectivity index (χ0n) is 34.3. The topological polar surface area (TPSA) is 102 Å². The van der Waals surface area contributed by atoms with Crippen LogP contribution < -0.4 is 5.11 Å². The summed E-state index contributed by atoms with van der Waals surface area (Å²) in [4.78, 5) is 36.7. The standard InChI is InChI=1S/C46H73NO7/c1-6-8-10-12-14-16-18-19-20-21-22-23-24-25-27-28-30-32-34-36-44(48)53-41-42(40-52-39-38-43(46(50)51)47(3,4)5)54-45(49)37-35-33-31-29-26-17-15-13-11-9-7-2/h8-11,14-17,19-20,22-23,25,27,29,31,42-43H,6-7,12-13,18,21,24,26,28,30,32-41H2,1-5H3/b10-8+,11-9+,16-14+,17-15+,20-19+,23-22+,27-25+,31-29+. The Morgan fingerprint density at radius 2 is 1.00 bits per heavy atom. The molecule has 0 saturated heterocycles. The van der Waals surface area contributed by atoms with Gasteiger partial charge < -0.3 is 28.6 Å². The van der Waals surface area contributed by atoms with Crippen LogP contribution in [0.15, 0.2) is 97.2 Å². The van der Waals surface area contributed by atoms with Crippen molar-refractivity contribution in [3.8, 4) is 0 Å². The minimum Gasteiger partial charge on any atom is -0.544 e. The Labute approximate surface area is 328 Å². The first-order chi connectivity index (χ1) is 26.1. The van der Waals surface area contributed by atoms with E-state index in [1.54, 1.807) is 21.1 Å². The molecule has 0 spiro atoms. The second-order valence-electron chi connectivity index (χ2n) is 14.1. The number of hydrogen-bond donors (Lipinski definition) is 0. The van der Waals surface area contributed by atoms with Crippen LogP contribution in [-0.2, 0) is 28.6 Å². The van der Waals surface area contributed by atoms with Crippen molar-refractivity contribution in [1.29, 1.82) is 0 Å². The number of carbonyl (C=O) groups excluding carboxylic acids is 3. The Bertz CT molecular complexity index is 1200. The summed E-state index contributed by atoms with van der Waals surface area (Å²) >= 11 is 0. The van der Waals surface area contributed by atoms with E-state index in [2.05, 4.69) is 111 Å². The third-order valence-electron chi connectivity index (χ3n) is 8.22. The van der Waals surface area contributed by atoms with Gasteiger partial charge in [0.1, 0.15) is 12.6 Å². The average Bonchev–Trinajstić information content (AvgIpc) is 3.12. The summed E-state index contributed by atoms with van der Waals surface area (Å²) in [6.07, 6.45) is 47.4. The van der Waals surface area contributed by atoms with Crippen molar-refractivity contribution in [3.05, 3.63) is 97.2 Å². The van der Waals surface area contributed by atoms with Crippen molar-refractivity contribution in [2.45, 2.75) is 135 Å². The molecule has 0 radical (unpaired) electrons. The predicted octanol–water partition coefficient (Wildman–Crippen LogP) is 9.40. The predicted molar refractivity (Wildman–Crippen MR) is 221 cm³/mol. The van der Waals surface area contributed by atoms with Crippen LogP contribution >= 0.6 is 0 Å². The molecule has 0 fully saturated rings. The van der Waals surface area contributed by atoms with Gasteiger partial charge in [-0.2, -0.15) is 0 Å². The normalized spacial score (nSPS) is 14.0. The molecule has 0 heterocycles. The van der Waals surface area contributed by atoms with Crippen LogP contribution in [0.5, 0.6) is 0 Å². The molecule has 0 rings (SSSR count). The van der Waals surface area contributed by atoms with E-state index in [1.165, 1.54) is 0 Å². The highest BCUT2D eigenvalue weighted by Crippen LogP contribution is 2.10. The number of carboxylic acids is 1. The molecule has 54 heavy (non-hydrogen) atoms. The number of rotatable bonds is 34. The van der Waals surface area contributed by atoms with E-state index in [1.807, 2.05) is 0 Å². The molecule has 0 aliphatic heterocycles. The average molecular weight is 752 g/mol. The number of allylic oxidation sites excluding steroid dienone is 16. The molecular formula is C46H73NO7. The van der Waals surface area contributed by atoms with Gasteiger partial charge in [-0.05, 0) is 83.5 Å². The maximum absolute atomic E-state index is 12.6. The molecule has 0 aromatic carbocycles. The summed E-state index contributed by atoms with van der Waals surface area (Å²) < 4.78 is 17.0. The molecule has 2 atom stereocenters. The summed E-state index contributed by atoms with van der Waals surface area (Å²) in [7, 11) is 5.36. The van der Waals surface area contributed by atoms with E-state index in [0.29, 0.717) is 12.8 Å². The number of nitrogens with zero attached hydrogens (tertiary/aromatic N) is 1. The minimum atomic E-state index is -1.14. The number of hydrogen-bond acceptors (Lipinski definition) is 7. The second kappa shape index (κ2) is 36.2. The Hall–Kier alpha value is -3.75. The van der Waals surface area contributed by atoms with Crippen LogP contribution in [0.25, 0.3) is 0 Å². The van der Waals surface area contributed by atoms with E-state index in [9.17, 15) is 19.5 Å². The lowest BCUT2D eigenvalue weighted by molar-refractivity contribution is -0.889. The first kappa shape index (κ1) is 50.2. The van der Waals surface area contributed by atoms with Crippen LogP contribution in [0, 0.1) is 0 Å². The number of carboxylic acid groups (broad SMARTS) is 1. The fourth-order valence-electron chi connectivity index (χ4n) is 5.12. The highest BCUT2D eigenvalue weighted by Gasteiger charge is 2.25. The summed E-state index contributed by atoms with van der Waals surface area (Å²) in [6.45, 7) is 4.30. The molecule has 0 N–H and O–H groups in total. The molecule has 0 aliphatic carbocycles. The molecular weight excluding hydrogens is 679 g/mol. The van der Waals surface area contributed by atoms with Gasteiger partial charge in [-0.1, -0.05) is 117 Å². The number of ether oxygens (including phenoxy) is 3. The molecule has 8 nitrogen and oxygen atoms in total. The largest absolute Gasteiger partial charge is 0.544 e. The summed E-state index contributed by atoms with van der Waals surface area (Å²) in [5, 5.41) is 11.6. The SMILES string of the molecule is CC/C=C/C/C=C/C/C=C/C/C=C/C/C=C/CCCCCC(=O)OCC(COCCC(C(=O)[O-])[N+](C)(C)C)OC(=O)CCC/C=C/C/C=C/C/C=C/CC. The maximum Gasteiger partial charge on any atom is 0.306 e. The molecule has 0 aromatic heterocycles. The second-order valence-corrected chi connectivity index (χ2v) is 14.1. The monoisotopic (exact) mass is 752 g/mol. The van der Waals surface area contributed by atoms with Crippen molar-refractivity contribution < 1.29 is 38.2 Å². The van der Waals surface area contributed by atoms with E-state index in [4.69, 9.17) is 14.2 Å². The number of esters is 2. The molecule has 8 heteroatoms. The van der Waals surface area contributed by atoms with Crippen molar-refractivity contribution in [3.63, 3.8) is 0 Å². The molecule has 0 bridgehead atoms. The van der Waals surface area contributed by atoms with E-state index in [-0.39, 0.29) is 49.1 Å². The van der Waals surface area contributed by atoms with Crippen molar-refractivity contribution in [2.24, 2.45) is 0 Å². The van der Waals surface area contributed by atoms with Crippen molar-refractivity contribution >= 4 is 17.9 Å². The Balaban J connectivity index is 4.49. The third kappa shape index (κ3) is 34.0. The fraction of sp³-hybridized carbons (Fsp3) is 0.587. The van der Waals surface area contributed by atoms with Gasteiger partial charge in [0.05, 0.1) is 40.3 Å². The molecule has 0 amide bonds. The first-order valence-electron chi connectivity index (χ1n) is 20.3. The highest BCUT2D eigenvalue weighted by atomic mass is 16.6. The fourth-order valence-corrected chi connectivity index (χ4v) is 5.12. The van der Waals surface area contributed by atoms with E-state index >= 15 is 0 Å². The van der Waals surface area contributed by atoms with Crippen molar-refractivity contribution in [2.75, 3.05) is 41.0 Å².